The summed E-state index contributed by atoms with van der Waals surface area (Å²) in [6.45, 7) is 2.40. The van der Waals surface area contributed by atoms with Crippen LogP contribution in [0.1, 0.15) is 22.0 Å². The molecule has 0 saturated heterocycles. The Morgan fingerprint density at radius 1 is 1.33 bits per heavy atom. The summed E-state index contributed by atoms with van der Waals surface area (Å²) in [4.78, 5) is 11.1. The highest BCUT2D eigenvalue weighted by molar-refractivity contribution is 5.86. The van der Waals surface area contributed by atoms with E-state index in [1.807, 2.05) is 19.1 Å². The molecule has 18 heavy (non-hydrogen) atoms. The molecule has 2 aromatic heterocycles. The van der Waals surface area contributed by atoms with Gasteiger partial charge < -0.3 is 14.5 Å². The number of hydrogen-bond acceptors (Lipinski definition) is 6. The molecule has 0 aliphatic carbocycles. The van der Waals surface area contributed by atoms with Crippen LogP contribution in [0.4, 0.5) is 5.82 Å². The van der Waals surface area contributed by atoms with E-state index in [4.69, 9.17) is 4.42 Å². The molecule has 0 aromatic carbocycles. The Kier molecular flexibility index (Phi) is 3.57. The molecule has 0 fully saturated rings. The number of furan rings is 1. The molecular formula is C12H13N3O3. The van der Waals surface area contributed by atoms with E-state index in [9.17, 15) is 4.79 Å². The number of aryl methyl sites for hydroxylation is 1. The molecular weight excluding hydrogens is 234 g/mol. The maximum absolute atomic E-state index is 11.1. The molecule has 0 aliphatic rings. The lowest BCUT2D eigenvalue weighted by Crippen LogP contribution is -2.07. The molecule has 2 rings (SSSR count). The van der Waals surface area contributed by atoms with Crippen LogP contribution in [0.2, 0.25) is 0 Å². The monoisotopic (exact) mass is 247 g/mol. The number of rotatable bonds is 4. The van der Waals surface area contributed by atoms with E-state index < -0.39 is 5.97 Å². The Bertz CT molecular complexity index is 534. The predicted octanol–water partition coefficient (Wildman–Crippen LogP) is 1.78. The van der Waals surface area contributed by atoms with Gasteiger partial charge in [-0.05, 0) is 31.2 Å². The first-order valence-electron chi connectivity index (χ1n) is 5.40. The van der Waals surface area contributed by atoms with E-state index in [1.165, 1.54) is 7.11 Å². The van der Waals surface area contributed by atoms with Crippen molar-refractivity contribution >= 4 is 11.8 Å². The van der Waals surface area contributed by atoms with Crippen molar-refractivity contribution in [2.24, 2.45) is 0 Å². The summed E-state index contributed by atoms with van der Waals surface area (Å²) in [6.07, 6.45) is 0. The fraction of sp³-hybridized carbons (Fsp3) is 0.250. The Morgan fingerprint density at radius 2 is 2.17 bits per heavy atom. The number of esters is 1. The zero-order chi connectivity index (χ0) is 13.0. The fourth-order valence-corrected chi connectivity index (χ4v) is 1.40. The Morgan fingerprint density at radius 3 is 2.72 bits per heavy atom. The summed E-state index contributed by atoms with van der Waals surface area (Å²) in [6, 6.07) is 6.99. The first kappa shape index (κ1) is 12.1. The second-order valence-electron chi connectivity index (χ2n) is 3.66. The summed E-state index contributed by atoms with van der Waals surface area (Å²) in [5, 5.41) is 10.7. The van der Waals surface area contributed by atoms with Crippen molar-refractivity contribution in [3.8, 4) is 0 Å². The minimum atomic E-state index is -0.504. The largest absolute Gasteiger partial charge is 0.465 e. The van der Waals surface area contributed by atoms with Crippen molar-refractivity contribution < 1.29 is 13.9 Å². The molecule has 0 unspecified atom stereocenters. The van der Waals surface area contributed by atoms with Crippen molar-refractivity contribution in [3.63, 3.8) is 0 Å². The highest BCUT2D eigenvalue weighted by Crippen LogP contribution is 2.09. The molecule has 0 amide bonds. The number of methoxy groups -OCH3 is 1. The summed E-state index contributed by atoms with van der Waals surface area (Å²) in [5.74, 6) is 1.73. The summed E-state index contributed by atoms with van der Waals surface area (Å²) < 4.78 is 9.93. The van der Waals surface area contributed by atoms with Crippen LogP contribution in [0.15, 0.2) is 28.7 Å². The minimum Gasteiger partial charge on any atom is -0.465 e. The lowest BCUT2D eigenvalue weighted by Gasteiger charge is -2.03. The van der Waals surface area contributed by atoms with Crippen molar-refractivity contribution in [1.29, 1.82) is 0 Å². The third-order valence-corrected chi connectivity index (χ3v) is 2.30. The molecule has 6 nitrogen and oxygen atoms in total. The van der Waals surface area contributed by atoms with E-state index in [-0.39, 0.29) is 5.69 Å². The van der Waals surface area contributed by atoms with Gasteiger partial charge in [0.2, 0.25) is 0 Å². The third-order valence-electron chi connectivity index (χ3n) is 2.30. The average molecular weight is 247 g/mol. The van der Waals surface area contributed by atoms with Crippen molar-refractivity contribution in [1.82, 2.24) is 10.2 Å². The third kappa shape index (κ3) is 2.85. The van der Waals surface area contributed by atoms with E-state index in [2.05, 4.69) is 20.3 Å². The first-order chi connectivity index (χ1) is 8.69. The first-order valence-corrected chi connectivity index (χ1v) is 5.40. The number of nitrogens with zero attached hydrogens (tertiary/aromatic N) is 2. The van der Waals surface area contributed by atoms with Gasteiger partial charge in [0.25, 0.3) is 0 Å². The molecule has 2 heterocycles. The molecule has 94 valence electrons. The predicted molar refractivity (Wildman–Crippen MR) is 64.1 cm³/mol. The lowest BCUT2D eigenvalue weighted by molar-refractivity contribution is 0.0593. The van der Waals surface area contributed by atoms with Gasteiger partial charge in [-0.15, -0.1) is 10.2 Å². The fourth-order valence-electron chi connectivity index (χ4n) is 1.40. The van der Waals surface area contributed by atoms with Gasteiger partial charge in [-0.3, -0.25) is 0 Å². The van der Waals surface area contributed by atoms with Crippen molar-refractivity contribution in [2.45, 2.75) is 13.5 Å². The molecule has 0 aliphatic heterocycles. The molecule has 0 spiro atoms. The molecule has 6 heteroatoms. The van der Waals surface area contributed by atoms with Gasteiger partial charge in [0, 0.05) is 0 Å². The van der Waals surface area contributed by atoms with Crippen LogP contribution in [0.25, 0.3) is 0 Å². The molecule has 1 N–H and O–H groups in total. The maximum Gasteiger partial charge on any atom is 0.358 e. The zero-order valence-corrected chi connectivity index (χ0v) is 10.1. The van der Waals surface area contributed by atoms with E-state index in [0.29, 0.717) is 12.4 Å². The van der Waals surface area contributed by atoms with Gasteiger partial charge in [-0.25, -0.2) is 4.79 Å². The molecule has 0 saturated carbocycles. The molecule has 0 atom stereocenters. The minimum absolute atomic E-state index is 0.178. The standard InChI is InChI=1S/C12H13N3O3/c1-8-3-4-9(18-8)7-13-11-6-5-10(14-15-11)12(16)17-2/h3-6H,7H2,1-2H3,(H,13,15). The van der Waals surface area contributed by atoms with Gasteiger partial charge in [-0.2, -0.15) is 0 Å². The zero-order valence-electron chi connectivity index (χ0n) is 10.1. The number of nitrogens with one attached hydrogen (secondary N) is 1. The van der Waals surface area contributed by atoms with Crippen LogP contribution in [-0.4, -0.2) is 23.3 Å². The highest BCUT2D eigenvalue weighted by Gasteiger charge is 2.07. The SMILES string of the molecule is COC(=O)c1ccc(NCc2ccc(C)o2)nn1. The molecule has 0 radical (unpaired) electrons. The van der Waals surface area contributed by atoms with Crippen LogP contribution in [0.3, 0.4) is 0 Å². The number of carbonyl (C=O) groups is 1. The second kappa shape index (κ2) is 5.31. The summed E-state index contributed by atoms with van der Waals surface area (Å²) in [5.41, 5.74) is 0.178. The highest BCUT2D eigenvalue weighted by atomic mass is 16.5. The number of ether oxygens (including phenoxy) is 1. The van der Waals surface area contributed by atoms with E-state index in [1.54, 1.807) is 12.1 Å². The van der Waals surface area contributed by atoms with Gasteiger partial charge in [-0.1, -0.05) is 0 Å². The van der Waals surface area contributed by atoms with Gasteiger partial charge in [0.1, 0.15) is 17.3 Å². The number of carbonyl (C=O) groups excluding carboxylic acids is 1. The molecule has 2 aromatic rings. The summed E-state index contributed by atoms with van der Waals surface area (Å²) in [7, 11) is 1.30. The average Bonchev–Trinajstić information content (AvgIpc) is 2.82. The van der Waals surface area contributed by atoms with Crippen LogP contribution in [-0.2, 0) is 11.3 Å². The van der Waals surface area contributed by atoms with Crippen molar-refractivity contribution in [3.05, 3.63) is 41.5 Å². The van der Waals surface area contributed by atoms with Crippen molar-refractivity contribution in [2.75, 3.05) is 12.4 Å². The van der Waals surface area contributed by atoms with E-state index >= 15 is 0 Å². The van der Waals surface area contributed by atoms with Crippen LogP contribution in [0.5, 0.6) is 0 Å². The Hall–Kier alpha value is -2.37. The van der Waals surface area contributed by atoms with Gasteiger partial charge in [0.15, 0.2) is 5.69 Å². The van der Waals surface area contributed by atoms with Crippen LogP contribution in [0, 0.1) is 6.92 Å². The Balaban J connectivity index is 1.96. The van der Waals surface area contributed by atoms with Gasteiger partial charge in [0.05, 0.1) is 13.7 Å². The maximum atomic E-state index is 11.1. The lowest BCUT2D eigenvalue weighted by atomic mass is 10.4. The second-order valence-corrected chi connectivity index (χ2v) is 3.66. The Labute approximate surface area is 104 Å². The quantitative estimate of drug-likeness (QED) is 0.830. The van der Waals surface area contributed by atoms with Crippen LogP contribution < -0.4 is 5.32 Å². The topological polar surface area (TPSA) is 77.2 Å². The number of anilines is 1. The molecule has 0 bridgehead atoms. The van der Waals surface area contributed by atoms with Crippen LogP contribution >= 0.6 is 0 Å². The smallest absolute Gasteiger partial charge is 0.358 e. The number of hydrogen-bond donors (Lipinski definition) is 1. The van der Waals surface area contributed by atoms with E-state index in [0.717, 1.165) is 11.5 Å². The number of aromatic nitrogens is 2. The normalized spacial score (nSPS) is 10.1. The summed E-state index contributed by atoms with van der Waals surface area (Å²) >= 11 is 0. The van der Waals surface area contributed by atoms with Gasteiger partial charge >= 0.3 is 5.97 Å².